The molecule has 0 fully saturated rings. The Balaban J connectivity index is 1.13. The van der Waals surface area contributed by atoms with Gasteiger partial charge in [0.15, 0.2) is 17.5 Å². The van der Waals surface area contributed by atoms with Crippen molar-refractivity contribution in [1.29, 1.82) is 0 Å². The Morgan fingerprint density at radius 2 is 0.912 bits per heavy atom. The van der Waals surface area contributed by atoms with Crippen molar-refractivity contribution in [2.75, 3.05) is 0 Å². The molecule has 0 spiro atoms. The lowest BCUT2D eigenvalue weighted by Crippen LogP contribution is -2.01. The fourth-order valence-corrected chi connectivity index (χ4v) is 8.70. The van der Waals surface area contributed by atoms with Crippen molar-refractivity contribution < 1.29 is 4.42 Å². The van der Waals surface area contributed by atoms with Crippen molar-refractivity contribution in [3.8, 4) is 45.5 Å². The summed E-state index contributed by atoms with van der Waals surface area (Å²) in [7, 11) is 0. The molecule has 12 aromatic rings. The third-order valence-electron chi connectivity index (χ3n) is 11.2. The van der Waals surface area contributed by atoms with Crippen molar-refractivity contribution in [3.05, 3.63) is 188 Å². The van der Waals surface area contributed by atoms with E-state index in [1.807, 2.05) is 72.8 Å². The molecule has 0 amide bonds. The van der Waals surface area contributed by atoms with Crippen LogP contribution in [0.4, 0.5) is 0 Å². The van der Waals surface area contributed by atoms with Crippen LogP contribution >= 0.6 is 0 Å². The van der Waals surface area contributed by atoms with Gasteiger partial charge >= 0.3 is 0 Å². The van der Waals surface area contributed by atoms with Gasteiger partial charge in [-0.15, -0.1) is 0 Å². The molecule has 8 aromatic carbocycles. The number of para-hydroxylation sites is 3. The Bertz CT molecular complexity index is 3470. The van der Waals surface area contributed by atoms with E-state index in [4.69, 9.17) is 19.4 Å². The maximum atomic E-state index is 6.42. The third kappa shape index (κ3) is 4.81. The van der Waals surface area contributed by atoms with Gasteiger partial charge in [-0.2, -0.15) is 0 Å². The normalized spacial score (nSPS) is 11.9. The standard InChI is InChI=1S/C51H31N5O/c1-3-15-32(16-4-1)49-52-50(33-17-5-2-6-18-33)54-51(53-49)34-19-13-20-35(31-34)55-41-25-11-8-22-38(41)47-43(55)30-29-37-36-21-7-10-24-40(36)56(48(37)47)42-26-14-28-45-46(42)39-23-9-12-27-44(39)57-45/h1-31H. The summed E-state index contributed by atoms with van der Waals surface area (Å²) >= 11 is 0. The van der Waals surface area contributed by atoms with Crippen molar-refractivity contribution in [2.24, 2.45) is 0 Å². The van der Waals surface area contributed by atoms with Crippen LogP contribution in [0.15, 0.2) is 192 Å². The number of nitrogens with zero attached hydrogens (tertiary/aromatic N) is 5. The van der Waals surface area contributed by atoms with Crippen LogP contribution < -0.4 is 0 Å². The van der Waals surface area contributed by atoms with Gasteiger partial charge in [0.05, 0.1) is 33.1 Å². The number of aromatic nitrogens is 5. The zero-order chi connectivity index (χ0) is 37.5. The van der Waals surface area contributed by atoms with Gasteiger partial charge in [0, 0.05) is 49.3 Å². The molecule has 266 valence electrons. The van der Waals surface area contributed by atoms with Gasteiger partial charge in [-0.3, -0.25) is 0 Å². The molecule has 0 saturated carbocycles. The molecule has 0 aliphatic carbocycles. The highest BCUT2D eigenvalue weighted by Crippen LogP contribution is 2.44. The van der Waals surface area contributed by atoms with E-state index in [1.165, 1.54) is 21.5 Å². The molecule has 12 rings (SSSR count). The summed E-state index contributed by atoms with van der Waals surface area (Å²) in [5.41, 5.74) is 11.2. The monoisotopic (exact) mass is 729 g/mol. The second-order valence-corrected chi connectivity index (χ2v) is 14.4. The molecule has 0 bridgehead atoms. The van der Waals surface area contributed by atoms with Gasteiger partial charge in [0.25, 0.3) is 0 Å². The van der Waals surface area contributed by atoms with Crippen LogP contribution in [0.5, 0.6) is 0 Å². The summed E-state index contributed by atoms with van der Waals surface area (Å²) in [4.78, 5) is 15.0. The minimum absolute atomic E-state index is 0.619. The van der Waals surface area contributed by atoms with Crippen LogP contribution in [0.2, 0.25) is 0 Å². The minimum Gasteiger partial charge on any atom is -0.456 e. The lowest BCUT2D eigenvalue weighted by atomic mass is 10.1. The number of fused-ring (bicyclic) bond motifs is 10. The predicted molar refractivity (Wildman–Crippen MR) is 232 cm³/mol. The first-order valence-electron chi connectivity index (χ1n) is 19.1. The number of rotatable bonds is 5. The summed E-state index contributed by atoms with van der Waals surface area (Å²) in [6.45, 7) is 0. The fourth-order valence-electron chi connectivity index (χ4n) is 8.70. The molecule has 0 aliphatic rings. The Hall–Kier alpha value is -7.83. The van der Waals surface area contributed by atoms with Crippen LogP contribution in [0.1, 0.15) is 0 Å². The molecule has 0 radical (unpaired) electrons. The van der Waals surface area contributed by atoms with Gasteiger partial charge in [-0.1, -0.05) is 140 Å². The molecule has 0 aliphatic heterocycles. The van der Waals surface area contributed by atoms with E-state index in [2.05, 4.69) is 124 Å². The average molecular weight is 730 g/mol. The van der Waals surface area contributed by atoms with E-state index >= 15 is 0 Å². The summed E-state index contributed by atoms with van der Waals surface area (Å²) in [5, 5.41) is 6.97. The molecule has 0 atom stereocenters. The van der Waals surface area contributed by atoms with Crippen molar-refractivity contribution in [3.63, 3.8) is 0 Å². The lowest BCUT2D eigenvalue weighted by Gasteiger charge is -2.12. The molecule has 4 aromatic heterocycles. The highest BCUT2D eigenvalue weighted by molar-refractivity contribution is 6.27. The Labute approximate surface area is 326 Å². The highest BCUT2D eigenvalue weighted by atomic mass is 16.3. The molecule has 0 N–H and O–H groups in total. The number of benzene rings is 8. The second kappa shape index (κ2) is 12.3. The zero-order valence-corrected chi connectivity index (χ0v) is 30.5. The number of furan rings is 1. The smallest absolute Gasteiger partial charge is 0.164 e. The molecule has 0 unspecified atom stereocenters. The molecule has 6 nitrogen and oxygen atoms in total. The Morgan fingerprint density at radius 1 is 0.351 bits per heavy atom. The SMILES string of the molecule is c1ccc(-c2nc(-c3ccccc3)nc(-c3cccc(-n4c5ccccc5c5c4ccc4c6ccccc6n(-c6cccc7oc8ccccc8c67)c45)c3)n2)cc1. The summed E-state index contributed by atoms with van der Waals surface area (Å²) < 4.78 is 11.2. The highest BCUT2D eigenvalue weighted by Gasteiger charge is 2.23. The largest absolute Gasteiger partial charge is 0.456 e. The molecule has 0 saturated heterocycles. The van der Waals surface area contributed by atoms with Crippen LogP contribution in [0, 0.1) is 0 Å². The summed E-state index contributed by atoms with van der Waals surface area (Å²) in [5.74, 6) is 1.89. The van der Waals surface area contributed by atoms with E-state index in [0.717, 1.165) is 72.1 Å². The van der Waals surface area contributed by atoms with Crippen LogP contribution in [-0.2, 0) is 0 Å². The summed E-state index contributed by atoms with van der Waals surface area (Å²) in [6, 6.07) is 65.5. The maximum absolute atomic E-state index is 6.42. The van der Waals surface area contributed by atoms with Crippen LogP contribution in [0.3, 0.4) is 0 Å². The minimum atomic E-state index is 0.619. The molecular formula is C51H31N5O. The quantitative estimate of drug-likeness (QED) is 0.177. The van der Waals surface area contributed by atoms with Crippen LogP contribution in [-0.4, -0.2) is 24.1 Å². The Kier molecular flexibility index (Phi) is 6.83. The topological polar surface area (TPSA) is 61.7 Å². The predicted octanol–water partition coefficient (Wildman–Crippen LogP) is 13.0. The maximum Gasteiger partial charge on any atom is 0.164 e. The Morgan fingerprint density at radius 3 is 1.65 bits per heavy atom. The first kappa shape index (κ1) is 31.5. The average Bonchev–Trinajstić information content (AvgIpc) is 3.95. The first-order chi connectivity index (χ1) is 28.3. The van der Waals surface area contributed by atoms with Gasteiger partial charge < -0.3 is 13.6 Å². The van der Waals surface area contributed by atoms with Crippen molar-refractivity contribution in [1.82, 2.24) is 24.1 Å². The lowest BCUT2D eigenvalue weighted by molar-refractivity contribution is 0.669. The van der Waals surface area contributed by atoms with E-state index in [0.29, 0.717) is 17.5 Å². The van der Waals surface area contributed by atoms with E-state index in [9.17, 15) is 0 Å². The van der Waals surface area contributed by atoms with E-state index < -0.39 is 0 Å². The molecule has 57 heavy (non-hydrogen) atoms. The van der Waals surface area contributed by atoms with Gasteiger partial charge in [-0.25, -0.2) is 15.0 Å². The number of hydrogen-bond donors (Lipinski definition) is 0. The van der Waals surface area contributed by atoms with Gasteiger partial charge in [0.2, 0.25) is 0 Å². The number of hydrogen-bond acceptors (Lipinski definition) is 4. The zero-order valence-electron chi connectivity index (χ0n) is 30.5. The third-order valence-corrected chi connectivity index (χ3v) is 11.2. The van der Waals surface area contributed by atoms with Crippen molar-refractivity contribution in [2.45, 2.75) is 0 Å². The molecular weight excluding hydrogens is 699 g/mol. The van der Waals surface area contributed by atoms with E-state index in [-0.39, 0.29) is 0 Å². The summed E-state index contributed by atoms with van der Waals surface area (Å²) in [6.07, 6.45) is 0. The van der Waals surface area contributed by atoms with Crippen LogP contribution in [0.25, 0.3) is 111 Å². The van der Waals surface area contributed by atoms with Gasteiger partial charge in [-0.05, 0) is 48.5 Å². The first-order valence-corrected chi connectivity index (χ1v) is 19.1. The fraction of sp³-hybridized carbons (Fsp3) is 0. The van der Waals surface area contributed by atoms with E-state index in [1.54, 1.807) is 0 Å². The molecule has 6 heteroatoms. The second-order valence-electron chi connectivity index (χ2n) is 14.4. The van der Waals surface area contributed by atoms with Crippen molar-refractivity contribution >= 4 is 65.6 Å². The molecule has 4 heterocycles. The van der Waals surface area contributed by atoms with Gasteiger partial charge in [0.1, 0.15) is 11.2 Å².